The van der Waals surface area contributed by atoms with Crippen molar-refractivity contribution in [1.29, 1.82) is 0 Å². The van der Waals surface area contributed by atoms with Crippen LogP contribution in [0.3, 0.4) is 0 Å². The maximum atomic E-state index is 12.5. The molecule has 0 spiro atoms. The summed E-state index contributed by atoms with van der Waals surface area (Å²) >= 11 is 0. The quantitative estimate of drug-likeness (QED) is 0.937. The fraction of sp³-hybridized carbons (Fsp3) is 0.474. The first kappa shape index (κ1) is 16.6. The number of furan rings is 1. The van der Waals surface area contributed by atoms with Gasteiger partial charge in [-0.05, 0) is 42.5 Å². The van der Waals surface area contributed by atoms with E-state index in [-0.39, 0.29) is 17.7 Å². The van der Waals surface area contributed by atoms with Gasteiger partial charge in [0.2, 0.25) is 11.8 Å². The number of benzene rings is 1. The molecule has 2 N–H and O–H groups in total. The maximum absolute atomic E-state index is 12.5. The summed E-state index contributed by atoms with van der Waals surface area (Å²) in [6.45, 7) is 7.43. The van der Waals surface area contributed by atoms with Crippen LogP contribution in [0.15, 0.2) is 22.8 Å². The number of hydrogen-bond donors (Lipinski definition) is 1. The lowest BCUT2D eigenvalue weighted by molar-refractivity contribution is -0.129. The Labute approximate surface area is 141 Å². The van der Waals surface area contributed by atoms with Crippen LogP contribution in [0.4, 0.5) is 0 Å². The number of nitrogens with two attached hydrogens (primary N) is 1. The van der Waals surface area contributed by atoms with Gasteiger partial charge >= 0.3 is 0 Å². The number of aryl methyl sites for hydroxylation is 1. The van der Waals surface area contributed by atoms with Crippen LogP contribution in [0, 0.1) is 12.8 Å². The summed E-state index contributed by atoms with van der Waals surface area (Å²) in [6.07, 6.45) is 2.62. The zero-order chi connectivity index (χ0) is 17.4. The van der Waals surface area contributed by atoms with E-state index in [1.54, 1.807) is 11.2 Å². The Kier molecular flexibility index (Phi) is 4.35. The smallest absolute Gasteiger partial charge is 0.227 e. The number of carbonyl (C=O) groups is 2. The highest BCUT2D eigenvalue weighted by molar-refractivity contribution is 5.89. The van der Waals surface area contributed by atoms with Crippen molar-refractivity contribution >= 4 is 22.8 Å². The minimum atomic E-state index is -0.323. The van der Waals surface area contributed by atoms with E-state index in [2.05, 4.69) is 26.8 Å². The molecule has 2 heterocycles. The molecule has 2 aromatic rings. The van der Waals surface area contributed by atoms with Gasteiger partial charge in [0.05, 0.1) is 18.6 Å². The van der Waals surface area contributed by atoms with Crippen LogP contribution in [0.25, 0.3) is 11.0 Å². The lowest BCUT2D eigenvalue weighted by Crippen LogP contribution is -2.32. The van der Waals surface area contributed by atoms with Crippen molar-refractivity contribution in [3.63, 3.8) is 0 Å². The molecule has 0 aliphatic carbocycles. The lowest BCUT2D eigenvalue weighted by Gasteiger charge is -2.15. The normalized spacial score (nSPS) is 17.8. The van der Waals surface area contributed by atoms with Gasteiger partial charge in [-0.3, -0.25) is 9.59 Å². The van der Waals surface area contributed by atoms with E-state index >= 15 is 0 Å². The van der Waals surface area contributed by atoms with Crippen LogP contribution in [0.5, 0.6) is 0 Å². The molecular formula is C19H24N2O3. The third kappa shape index (κ3) is 3.03. The molecule has 3 rings (SSSR count). The van der Waals surface area contributed by atoms with Crippen LogP contribution in [-0.2, 0) is 16.0 Å². The topological polar surface area (TPSA) is 76.5 Å². The molecule has 1 fully saturated rings. The molecule has 1 aromatic carbocycles. The standard InChI is InChI=1S/C19H24N2O3/c1-11(2)15-8-16-14(10-24-17(16)6-12(15)3)7-18(22)21-5-4-13(9-21)19(20)23/h6,8,10-11,13H,4-5,7,9H2,1-3H3,(H2,20,23)/t13-/m0/s1. The third-order valence-electron chi connectivity index (χ3n) is 4.95. The second-order valence-corrected chi connectivity index (χ2v) is 7.03. The molecule has 1 atom stereocenters. The van der Waals surface area contributed by atoms with Gasteiger partial charge < -0.3 is 15.1 Å². The van der Waals surface area contributed by atoms with Crippen LogP contribution in [0.2, 0.25) is 0 Å². The third-order valence-corrected chi connectivity index (χ3v) is 4.95. The molecular weight excluding hydrogens is 304 g/mol. The van der Waals surface area contributed by atoms with Crippen molar-refractivity contribution < 1.29 is 14.0 Å². The van der Waals surface area contributed by atoms with Crippen molar-refractivity contribution in [2.45, 2.75) is 39.5 Å². The zero-order valence-corrected chi connectivity index (χ0v) is 14.5. The molecule has 1 aromatic heterocycles. The second-order valence-electron chi connectivity index (χ2n) is 7.03. The van der Waals surface area contributed by atoms with Crippen molar-refractivity contribution in [2.24, 2.45) is 11.7 Å². The van der Waals surface area contributed by atoms with Crippen molar-refractivity contribution in [2.75, 3.05) is 13.1 Å². The molecule has 1 aliphatic heterocycles. The predicted octanol–water partition coefficient (Wildman–Crippen LogP) is 2.74. The zero-order valence-electron chi connectivity index (χ0n) is 14.5. The number of likely N-dealkylation sites (tertiary alicyclic amines) is 1. The van der Waals surface area contributed by atoms with Gasteiger partial charge in [0.1, 0.15) is 5.58 Å². The predicted molar refractivity (Wildman–Crippen MR) is 92.6 cm³/mol. The first-order valence-electron chi connectivity index (χ1n) is 8.44. The summed E-state index contributed by atoms with van der Waals surface area (Å²) < 4.78 is 5.64. The molecule has 5 heteroatoms. The highest BCUT2D eigenvalue weighted by Gasteiger charge is 2.30. The van der Waals surface area contributed by atoms with Gasteiger partial charge in [-0.15, -0.1) is 0 Å². The number of amides is 2. The molecule has 24 heavy (non-hydrogen) atoms. The largest absolute Gasteiger partial charge is 0.464 e. The Morgan fingerprint density at radius 1 is 1.38 bits per heavy atom. The number of rotatable bonds is 4. The second kappa shape index (κ2) is 6.30. The molecule has 1 saturated heterocycles. The van der Waals surface area contributed by atoms with E-state index in [1.807, 2.05) is 6.07 Å². The SMILES string of the molecule is Cc1cc2occ(CC(=O)N3CC[C@H](C(N)=O)C3)c2cc1C(C)C. The summed E-state index contributed by atoms with van der Waals surface area (Å²) in [4.78, 5) is 25.5. The molecule has 2 amide bonds. The average Bonchev–Trinajstić information content (AvgIpc) is 3.13. The molecule has 1 aliphatic rings. The number of carbonyl (C=O) groups excluding carboxylic acids is 2. The van der Waals surface area contributed by atoms with E-state index in [0.29, 0.717) is 31.8 Å². The fourth-order valence-corrected chi connectivity index (χ4v) is 3.50. The van der Waals surface area contributed by atoms with E-state index in [4.69, 9.17) is 10.2 Å². The van der Waals surface area contributed by atoms with Crippen LogP contribution < -0.4 is 5.73 Å². The summed E-state index contributed by atoms with van der Waals surface area (Å²) in [6, 6.07) is 4.18. The van der Waals surface area contributed by atoms with Crippen molar-refractivity contribution in [3.05, 3.63) is 35.1 Å². The number of fused-ring (bicyclic) bond motifs is 1. The van der Waals surface area contributed by atoms with Crippen LogP contribution >= 0.6 is 0 Å². The highest BCUT2D eigenvalue weighted by Crippen LogP contribution is 2.29. The molecule has 5 nitrogen and oxygen atoms in total. The maximum Gasteiger partial charge on any atom is 0.227 e. The Hall–Kier alpha value is -2.30. The Balaban J connectivity index is 1.81. The van der Waals surface area contributed by atoms with Crippen molar-refractivity contribution in [1.82, 2.24) is 4.90 Å². The summed E-state index contributed by atoms with van der Waals surface area (Å²) in [5.41, 5.74) is 9.53. The summed E-state index contributed by atoms with van der Waals surface area (Å²) in [7, 11) is 0. The minimum Gasteiger partial charge on any atom is -0.464 e. The summed E-state index contributed by atoms with van der Waals surface area (Å²) in [5, 5.41) is 1.00. The Bertz CT molecular complexity index is 791. The molecule has 0 saturated carbocycles. The first-order chi connectivity index (χ1) is 11.4. The molecule has 128 valence electrons. The fourth-order valence-electron chi connectivity index (χ4n) is 3.50. The van der Waals surface area contributed by atoms with E-state index in [1.165, 1.54) is 11.1 Å². The van der Waals surface area contributed by atoms with E-state index < -0.39 is 0 Å². The number of nitrogens with zero attached hydrogens (tertiary/aromatic N) is 1. The molecule has 0 radical (unpaired) electrons. The van der Waals surface area contributed by atoms with Gasteiger partial charge in [-0.2, -0.15) is 0 Å². The Morgan fingerprint density at radius 3 is 2.75 bits per heavy atom. The van der Waals surface area contributed by atoms with Crippen molar-refractivity contribution in [3.8, 4) is 0 Å². The van der Waals surface area contributed by atoms with E-state index in [0.717, 1.165) is 16.5 Å². The van der Waals surface area contributed by atoms with Gasteiger partial charge in [0.25, 0.3) is 0 Å². The van der Waals surface area contributed by atoms with Crippen LogP contribution in [-0.4, -0.2) is 29.8 Å². The van der Waals surface area contributed by atoms with Gasteiger partial charge in [0.15, 0.2) is 0 Å². The average molecular weight is 328 g/mol. The Morgan fingerprint density at radius 2 is 2.12 bits per heavy atom. The van der Waals surface area contributed by atoms with Gasteiger partial charge in [-0.1, -0.05) is 13.8 Å². The van der Waals surface area contributed by atoms with Gasteiger partial charge in [0, 0.05) is 24.0 Å². The summed E-state index contributed by atoms with van der Waals surface area (Å²) in [5.74, 6) is -0.0998. The number of primary amides is 1. The minimum absolute atomic E-state index is 0.0214. The highest BCUT2D eigenvalue weighted by atomic mass is 16.3. The molecule has 0 bridgehead atoms. The molecule has 0 unspecified atom stereocenters. The number of hydrogen-bond acceptors (Lipinski definition) is 3. The first-order valence-corrected chi connectivity index (χ1v) is 8.44. The van der Waals surface area contributed by atoms with Gasteiger partial charge in [-0.25, -0.2) is 0 Å². The lowest BCUT2D eigenvalue weighted by atomic mass is 9.95. The van der Waals surface area contributed by atoms with Crippen LogP contribution in [0.1, 0.15) is 42.9 Å². The van der Waals surface area contributed by atoms with E-state index in [9.17, 15) is 9.59 Å². The monoisotopic (exact) mass is 328 g/mol.